The van der Waals surface area contributed by atoms with Crippen molar-refractivity contribution in [1.82, 2.24) is 42.4 Å². The van der Waals surface area contributed by atoms with Crippen molar-refractivity contribution in [1.29, 1.82) is 5.26 Å². The molecule has 0 fully saturated rings. The highest BCUT2D eigenvalue weighted by molar-refractivity contribution is 6.17. The van der Waals surface area contributed by atoms with Gasteiger partial charge in [-0.2, -0.15) is 5.26 Å². The Morgan fingerprint density at radius 3 is 0.830 bits per heavy atom. The van der Waals surface area contributed by atoms with Crippen molar-refractivity contribution in [3.8, 4) is 74.4 Å². The predicted octanol–water partition coefficient (Wildman–Crippen LogP) is 23.9. The van der Waals surface area contributed by atoms with E-state index < -0.39 is 0 Å². The number of nitriles is 1. The summed E-state index contributed by atoms with van der Waals surface area (Å²) in [5.41, 5.74) is 21.2. The zero-order valence-electron chi connectivity index (χ0n) is 56.7. The van der Waals surface area contributed by atoms with E-state index in [1.807, 2.05) is 66.7 Å². The Balaban J connectivity index is 0.789. The molecule has 0 unspecified atom stereocenters. The molecule has 0 bridgehead atoms. The first-order valence-corrected chi connectivity index (χ1v) is 35.5. The minimum Gasteiger partial charge on any atom is -0.309 e. The second kappa shape index (κ2) is 22.8. The van der Waals surface area contributed by atoms with Crippen LogP contribution in [-0.2, 0) is 0 Å². The number of nitrogens with zero attached hydrogens (tertiary/aromatic N) is 11. The molecule has 106 heavy (non-hydrogen) atoms. The van der Waals surface area contributed by atoms with Crippen LogP contribution in [0.3, 0.4) is 0 Å². The SMILES string of the molecule is [C-]#[N+]c1ccc(-n2c3ccc(-n4c5ccccc5c5ccccc54)cc3c3cc(-n4c5ccccc5c5ccccc54)ccc32)c(-c2nc(-c3ccccc3)nc(-c3cc(C#N)ccc3-n3c4ccc(-n5c6ccccc6c6ccccc65)cc4c4cc(-n5c6ccccc6c6ccccc65)ccc43)n2)c1. The lowest BCUT2D eigenvalue weighted by Crippen LogP contribution is -2.06. The van der Waals surface area contributed by atoms with Gasteiger partial charge in [-0.1, -0.05) is 182 Å². The monoisotopic (exact) mass is 1350 g/mol. The van der Waals surface area contributed by atoms with Gasteiger partial charge in [-0.3, -0.25) is 0 Å². The maximum atomic E-state index is 11.0. The summed E-state index contributed by atoms with van der Waals surface area (Å²) in [5.74, 6) is 1.13. The molecule has 490 valence electrons. The van der Waals surface area contributed by atoms with Crippen LogP contribution in [0, 0.1) is 17.9 Å². The Hall–Kier alpha value is -14.9. The fraction of sp³-hybridized carbons (Fsp3) is 0. The Bertz CT molecular complexity index is 6640. The molecule has 7 aromatic heterocycles. The lowest BCUT2D eigenvalue weighted by atomic mass is 10.1. The number of benzene rings is 15. The van der Waals surface area contributed by atoms with Crippen molar-refractivity contribution in [2.75, 3.05) is 0 Å². The molecule has 0 saturated heterocycles. The molecule has 0 aliphatic rings. The zero-order chi connectivity index (χ0) is 69.8. The van der Waals surface area contributed by atoms with Gasteiger partial charge in [-0.15, -0.1) is 0 Å². The smallest absolute Gasteiger partial charge is 0.188 e. The number of aromatic nitrogens is 9. The first-order chi connectivity index (χ1) is 52.5. The van der Waals surface area contributed by atoms with E-state index in [1.54, 1.807) is 0 Å². The molecule has 0 N–H and O–H groups in total. The second-order valence-corrected chi connectivity index (χ2v) is 27.3. The number of rotatable bonds is 9. The van der Waals surface area contributed by atoms with Crippen molar-refractivity contribution in [3.63, 3.8) is 0 Å². The lowest BCUT2D eigenvalue weighted by Gasteiger charge is -2.17. The van der Waals surface area contributed by atoms with E-state index in [0.717, 1.165) is 127 Å². The number of para-hydroxylation sites is 8. The molecular weight excluding hydrogens is 1300 g/mol. The third-order valence-corrected chi connectivity index (χ3v) is 21.7. The molecule has 0 radical (unpaired) electrons. The maximum Gasteiger partial charge on any atom is 0.188 e. The van der Waals surface area contributed by atoms with E-state index in [-0.39, 0.29) is 0 Å². The van der Waals surface area contributed by atoms with E-state index in [1.165, 1.54) is 43.1 Å². The molecule has 22 aromatic rings. The van der Waals surface area contributed by atoms with Crippen LogP contribution in [0.2, 0.25) is 0 Å². The van der Waals surface area contributed by atoms with Gasteiger partial charge in [0, 0.05) is 104 Å². The lowest BCUT2D eigenvalue weighted by molar-refractivity contribution is 1.06. The van der Waals surface area contributed by atoms with Crippen LogP contribution >= 0.6 is 0 Å². The second-order valence-electron chi connectivity index (χ2n) is 27.3. The summed E-state index contributed by atoms with van der Waals surface area (Å²) in [6, 6.07) is 120. The minimum atomic E-state index is 0.350. The van der Waals surface area contributed by atoms with Crippen LogP contribution in [0.25, 0.3) is 204 Å². The molecule has 11 nitrogen and oxygen atoms in total. The number of hydrogen-bond acceptors (Lipinski definition) is 4. The first kappa shape index (κ1) is 58.8. The molecule has 0 aliphatic carbocycles. The zero-order valence-corrected chi connectivity index (χ0v) is 56.7. The number of fused-ring (bicyclic) bond motifs is 18. The normalized spacial score (nSPS) is 11.9. The summed E-state index contributed by atoms with van der Waals surface area (Å²) in [7, 11) is 0. The van der Waals surface area contributed by atoms with Crippen LogP contribution in [0.15, 0.2) is 334 Å². The van der Waals surface area contributed by atoms with Crippen LogP contribution < -0.4 is 0 Å². The molecule has 22 rings (SSSR count). The van der Waals surface area contributed by atoms with Crippen LogP contribution in [0.5, 0.6) is 0 Å². The van der Waals surface area contributed by atoms with Crippen LogP contribution in [0.4, 0.5) is 5.69 Å². The Morgan fingerprint density at radius 2 is 0.519 bits per heavy atom. The average molecular weight is 1350 g/mol. The quantitative estimate of drug-likeness (QED) is 0.135. The summed E-state index contributed by atoms with van der Waals surface area (Å²) >= 11 is 0. The predicted molar refractivity (Wildman–Crippen MR) is 433 cm³/mol. The van der Waals surface area contributed by atoms with Gasteiger partial charge < -0.3 is 27.4 Å². The number of hydrogen-bond donors (Lipinski definition) is 0. The third-order valence-electron chi connectivity index (χ3n) is 21.7. The molecule has 0 aliphatic heterocycles. The fourth-order valence-electron chi connectivity index (χ4n) is 17.2. The van der Waals surface area contributed by atoms with Crippen molar-refractivity contribution < 1.29 is 0 Å². The Labute approximate surface area is 605 Å². The summed E-state index contributed by atoms with van der Waals surface area (Å²) in [6.45, 7) is 8.64. The standard InChI is InChI=1S/C95H55N11/c1-97-60-40-46-92(106-89-49-43-63(103-83-35-17-9-27-69(83)70-28-10-18-36-84(70)103)55-75(89)76-56-64(44-50-90(76)106)104-85-37-19-11-29-71(85)72-30-12-20-38-86(72)104)78(52-60)95-99-93(59-21-3-2-4-22-59)98-94(100-95)77-51-58(57-96)39-45-91(77)105-87-47-41-61(101-79-31-13-5-23-65(79)66-24-6-14-32-80(66)101)53-73(87)74-54-62(42-48-88(74)105)102-81-33-15-7-25-67(81)68-26-8-16-34-82(68)102/h2-56H. The van der Waals surface area contributed by atoms with Gasteiger partial charge in [0.15, 0.2) is 23.2 Å². The molecule has 7 heterocycles. The van der Waals surface area contributed by atoms with E-state index in [0.29, 0.717) is 39.9 Å². The highest BCUT2D eigenvalue weighted by atomic mass is 15.1. The van der Waals surface area contributed by atoms with Gasteiger partial charge in [0.2, 0.25) is 0 Å². The topological polar surface area (TPSA) is 96.4 Å². The summed E-state index contributed by atoms with van der Waals surface area (Å²) in [4.78, 5) is 20.7. The van der Waals surface area contributed by atoms with Crippen LogP contribution in [0.1, 0.15) is 5.56 Å². The van der Waals surface area contributed by atoms with Crippen molar-refractivity contribution in [3.05, 3.63) is 351 Å². The minimum absolute atomic E-state index is 0.350. The van der Waals surface area contributed by atoms with Gasteiger partial charge in [0.25, 0.3) is 0 Å². The van der Waals surface area contributed by atoms with Gasteiger partial charge in [0.1, 0.15) is 0 Å². The van der Waals surface area contributed by atoms with Crippen molar-refractivity contribution in [2.24, 2.45) is 0 Å². The van der Waals surface area contributed by atoms with E-state index in [4.69, 9.17) is 21.5 Å². The first-order valence-electron chi connectivity index (χ1n) is 35.5. The van der Waals surface area contributed by atoms with E-state index in [9.17, 15) is 5.26 Å². The summed E-state index contributed by atoms with van der Waals surface area (Å²) in [6.07, 6.45) is 0. The highest BCUT2D eigenvalue weighted by Crippen LogP contribution is 2.46. The molecule has 0 amide bonds. The van der Waals surface area contributed by atoms with Gasteiger partial charge >= 0.3 is 0 Å². The fourth-order valence-corrected chi connectivity index (χ4v) is 17.2. The Morgan fingerprint density at radius 1 is 0.245 bits per heavy atom. The van der Waals surface area contributed by atoms with Crippen molar-refractivity contribution >= 4 is 137 Å². The van der Waals surface area contributed by atoms with Gasteiger partial charge in [-0.25, -0.2) is 19.8 Å². The largest absolute Gasteiger partial charge is 0.309 e. The molecule has 11 heteroatoms. The van der Waals surface area contributed by atoms with Crippen molar-refractivity contribution in [2.45, 2.75) is 0 Å². The molecule has 15 aromatic carbocycles. The molecule has 0 atom stereocenters. The molecular formula is C95H55N11. The van der Waals surface area contributed by atoms with E-state index in [2.05, 4.69) is 305 Å². The maximum absolute atomic E-state index is 11.0. The molecule has 0 spiro atoms. The molecule has 0 saturated carbocycles. The van der Waals surface area contributed by atoms with Gasteiger partial charge in [-0.05, 0) is 152 Å². The van der Waals surface area contributed by atoms with Gasteiger partial charge in [0.05, 0.1) is 95.8 Å². The Kier molecular flexibility index (Phi) is 12.7. The average Bonchev–Trinajstić information content (AvgIpc) is 1.56. The summed E-state index contributed by atoms with van der Waals surface area (Å²) in [5, 5.41) is 24.6. The highest BCUT2D eigenvalue weighted by Gasteiger charge is 2.27. The third kappa shape index (κ3) is 8.63. The summed E-state index contributed by atoms with van der Waals surface area (Å²) < 4.78 is 14.1. The van der Waals surface area contributed by atoms with E-state index >= 15 is 0 Å². The van der Waals surface area contributed by atoms with Crippen LogP contribution in [-0.4, -0.2) is 42.4 Å².